The minimum absolute atomic E-state index is 0.169. The number of carbonyl (C=O) groups excluding carboxylic acids is 1. The lowest BCUT2D eigenvalue weighted by atomic mass is 9.93. The fourth-order valence-corrected chi connectivity index (χ4v) is 4.95. The van der Waals surface area contributed by atoms with Gasteiger partial charge in [-0.3, -0.25) is 9.36 Å². The number of benzene rings is 3. The van der Waals surface area contributed by atoms with Gasteiger partial charge in [-0.25, -0.2) is 4.98 Å². The maximum atomic E-state index is 13.9. The van der Waals surface area contributed by atoms with Gasteiger partial charge in [0.1, 0.15) is 0 Å². The van der Waals surface area contributed by atoms with E-state index in [2.05, 4.69) is 21.3 Å². The molecule has 0 spiro atoms. The van der Waals surface area contributed by atoms with E-state index in [1.807, 2.05) is 89.2 Å². The molecule has 0 saturated heterocycles. The molecular formula is C30H32N4O3. The Balaban J connectivity index is 1.67. The van der Waals surface area contributed by atoms with Crippen molar-refractivity contribution in [1.29, 1.82) is 0 Å². The van der Waals surface area contributed by atoms with Crippen LogP contribution in [0.15, 0.2) is 71.9 Å². The number of fused-ring (bicyclic) bond motifs is 3. The zero-order chi connectivity index (χ0) is 26.1. The standard InChI is InChI=1S/C30H32N4O3/c1-6-36-25-15-13-21(17-26(25)37-7-2)28-27(29(35)32-22-14-12-18(3)16-19(22)4)20(5)31-30-33-23-10-8-9-11-24(23)34(28)30/h8-17,28H,6-7H2,1-5H3,(H,31,33)(H,32,35). The molecule has 1 amide bonds. The van der Waals surface area contributed by atoms with Gasteiger partial charge >= 0.3 is 0 Å². The summed E-state index contributed by atoms with van der Waals surface area (Å²) in [6, 6.07) is 19.4. The number of anilines is 2. The Labute approximate surface area is 217 Å². The zero-order valence-electron chi connectivity index (χ0n) is 21.9. The highest BCUT2D eigenvalue weighted by Gasteiger charge is 2.34. The summed E-state index contributed by atoms with van der Waals surface area (Å²) in [5.74, 6) is 1.86. The average molecular weight is 497 g/mol. The Morgan fingerprint density at radius 2 is 1.73 bits per heavy atom. The second-order valence-corrected chi connectivity index (χ2v) is 9.21. The van der Waals surface area contributed by atoms with Crippen molar-refractivity contribution >= 4 is 28.6 Å². The molecule has 1 atom stereocenters. The van der Waals surface area contributed by atoms with Gasteiger partial charge in [0.05, 0.1) is 35.9 Å². The highest BCUT2D eigenvalue weighted by molar-refractivity contribution is 6.06. The Kier molecular flexibility index (Phi) is 6.61. The van der Waals surface area contributed by atoms with E-state index in [9.17, 15) is 4.79 Å². The molecule has 1 unspecified atom stereocenters. The number of carbonyl (C=O) groups is 1. The number of aromatic nitrogens is 2. The van der Waals surface area contributed by atoms with E-state index in [4.69, 9.17) is 14.5 Å². The van der Waals surface area contributed by atoms with Crippen LogP contribution < -0.4 is 20.1 Å². The molecule has 4 aromatic rings. The number of nitrogens with zero attached hydrogens (tertiary/aromatic N) is 2. The number of allylic oxidation sites excluding steroid dienone is 1. The number of aryl methyl sites for hydroxylation is 2. The van der Waals surface area contributed by atoms with E-state index in [1.165, 1.54) is 0 Å². The summed E-state index contributed by atoms with van der Waals surface area (Å²) < 4.78 is 13.8. The first kappa shape index (κ1) is 24.4. The Morgan fingerprint density at radius 1 is 0.973 bits per heavy atom. The number of hydrogen-bond donors (Lipinski definition) is 2. The lowest BCUT2D eigenvalue weighted by molar-refractivity contribution is -0.113. The van der Waals surface area contributed by atoms with Gasteiger partial charge in [-0.1, -0.05) is 35.9 Å². The van der Waals surface area contributed by atoms with Gasteiger partial charge in [-0.2, -0.15) is 0 Å². The van der Waals surface area contributed by atoms with Crippen LogP contribution in [0.2, 0.25) is 0 Å². The molecule has 0 saturated carbocycles. The summed E-state index contributed by atoms with van der Waals surface area (Å²) in [6.07, 6.45) is 0. The fourth-order valence-electron chi connectivity index (χ4n) is 4.95. The second kappa shape index (κ2) is 10.0. The second-order valence-electron chi connectivity index (χ2n) is 9.21. The third-order valence-corrected chi connectivity index (χ3v) is 6.59. The first-order valence-electron chi connectivity index (χ1n) is 12.6. The van der Waals surface area contributed by atoms with E-state index >= 15 is 0 Å². The van der Waals surface area contributed by atoms with Crippen LogP contribution in [0.1, 0.15) is 43.5 Å². The van der Waals surface area contributed by atoms with Gasteiger partial charge < -0.3 is 20.1 Å². The molecule has 2 N–H and O–H groups in total. The summed E-state index contributed by atoms with van der Waals surface area (Å²) in [5, 5.41) is 6.53. The number of rotatable bonds is 7. The van der Waals surface area contributed by atoms with E-state index in [0.717, 1.165) is 39.1 Å². The van der Waals surface area contributed by atoms with Crippen LogP contribution >= 0.6 is 0 Å². The first-order chi connectivity index (χ1) is 17.9. The van der Waals surface area contributed by atoms with Crippen LogP contribution in [0.25, 0.3) is 11.0 Å². The van der Waals surface area contributed by atoms with Crippen molar-refractivity contribution in [2.75, 3.05) is 23.8 Å². The molecule has 7 nitrogen and oxygen atoms in total. The van der Waals surface area contributed by atoms with Crippen LogP contribution in [-0.4, -0.2) is 28.7 Å². The van der Waals surface area contributed by atoms with E-state index in [1.54, 1.807) is 0 Å². The van der Waals surface area contributed by atoms with Gasteiger partial charge in [0, 0.05) is 11.4 Å². The summed E-state index contributed by atoms with van der Waals surface area (Å²) >= 11 is 0. The summed E-state index contributed by atoms with van der Waals surface area (Å²) in [5.41, 5.74) is 7.02. The van der Waals surface area contributed by atoms with Crippen LogP contribution in [-0.2, 0) is 4.79 Å². The maximum Gasteiger partial charge on any atom is 0.255 e. The molecule has 3 aromatic carbocycles. The number of nitrogens with one attached hydrogen (secondary N) is 2. The van der Waals surface area contributed by atoms with Crippen LogP contribution in [0.3, 0.4) is 0 Å². The number of amides is 1. The Morgan fingerprint density at radius 3 is 2.49 bits per heavy atom. The third kappa shape index (κ3) is 4.53. The Bertz CT molecular complexity index is 1520. The largest absolute Gasteiger partial charge is 0.490 e. The minimum Gasteiger partial charge on any atom is -0.490 e. The van der Waals surface area contributed by atoms with Gasteiger partial charge in [-0.05, 0) is 76.1 Å². The quantitative estimate of drug-likeness (QED) is 0.311. The molecule has 1 aliphatic heterocycles. The highest BCUT2D eigenvalue weighted by Crippen LogP contribution is 2.42. The van der Waals surface area contributed by atoms with Gasteiger partial charge in [0.2, 0.25) is 5.95 Å². The normalized spacial score (nSPS) is 14.8. The van der Waals surface area contributed by atoms with E-state index < -0.39 is 6.04 Å². The van der Waals surface area contributed by atoms with Crippen molar-refractivity contribution in [1.82, 2.24) is 9.55 Å². The van der Waals surface area contributed by atoms with Crippen LogP contribution in [0, 0.1) is 13.8 Å². The highest BCUT2D eigenvalue weighted by atomic mass is 16.5. The van der Waals surface area contributed by atoms with E-state index in [0.29, 0.717) is 36.2 Å². The first-order valence-corrected chi connectivity index (χ1v) is 12.6. The molecule has 1 aromatic heterocycles. The SMILES string of the molecule is CCOc1ccc(C2C(C(=O)Nc3ccc(C)cc3C)=C(C)Nc3nc4ccccc4n32)cc1OCC. The molecule has 190 valence electrons. The summed E-state index contributed by atoms with van der Waals surface area (Å²) in [4.78, 5) is 18.8. The number of ether oxygens (including phenoxy) is 2. The molecule has 0 bridgehead atoms. The zero-order valence-corrected chi connectivity index (χ0v) is 21.9. The lowest BCUT2D eigenvalue weighted by Crippen LogP contribution is -2.31. The van der Waals surface area contributed by atoms with Crippen LogP contribution in [0.5, 0.6) is 11.5 Å². The average Bonchev–Trinajstić information content (AvgIpc) is 3.24. The molecule has 0 aliphatic carbocycles. The molecule has 1 aliphatic rings. The molecule has 5 rings (SSSR count). The van der Waals surface area contributed by atoms with Crippen molar-refractivity contribution in [3.8, 4) is 11.5 Å². The Hall–Kier alpha value is -4.26. The third-order valence-electron chi connectivity index (χ3n) is 6.59. The van der Waals surface area contributed by atoms with Crippen molar-refractivity contribution in [3.63, 3.8) is 0 Å². The van der Waals surface area contributed by atoms with Crippen molar-refractivity contribution in [3.05, 3.63) is 88.6 Å². The number of hydrogen-bond acceptors (Lipinski definition) is 5. The molecule has 2 heterocycles. The number of para-hydroxylation sites is 2. The van der Waals surface area contributed by atoms with Crippen molar-refractivity contribution in [2.45, 2.75) is 40.7 Å². The molecule has 0 radical (unpaired) electrons. The monoisotopic (exact) mass is 496 g/mol. The minimum atomic E-state index is -0.427. The molecule has 0 fully saturated rings. The molecule has 7 heteroatoms. The van der Waals surface area contributed by atoms with Gasteiger partial charge in [0.15, 0.2) is 11.5 Å². The van der Waals surface area contributed by atoms with Crippen molar-refractivity contribution in [2.24, 2.45) is 0 Å². The lowest BCUT2D eigenvalue weighted by Gasteiger charge is -2.31. The topological polar surface area (TPSA) is 77.4 Å². The van der Waals surface area contributed by atoms with Gasteiger partial charge in [-0.15, -0.1) is 0 Å². The fraction of sp³-hybridized carbons (Fsp3) is 0.267. The summed E-state index contributed by atoms with van der Waals surface area (Å²) in [7, 11) is 0. The van der Waals surface area contributed by atoms with Crippen LogP contribution in [0.4, 0.5) is 11.6 Å². The predicted molar refractivity (Wildman–Crippen MR) is 148 cm³/mol. The number of imidazole rings is 1. The smallest absolute Gasteiger partial charge is 0.255 e. The molecular weight excluding hydrogens is 464 g/mol. The van der Waals surface area contributed by atoms with Crippen molar-refractivity contribution < 1.29 is 14.3 Å². The predicted octanol–water partition coefficient (Wildman–Crippen LogP) is 6.38. The van der Waals surface area contributed by atoms with Gasteiger partial charge in [0.25, 0.3) is 5.91 Å². The summed E-state index contributed by atoms with van der Waals surface area (Å²) in [6.45, 7) is 10.9. The van der Waals surface area contributed by atoms with E-state index in [-0.39, 0.29) is 5.91 Å². The maximum absolute atomic E-state index is 13.9. The molecule has 37 heavy (non-hydrogen) atoms.